The second-order valence-corrected chi connectivity index (χ2v) is 14.4. The van der Waals surface area contributed by atoms with Crippen molar-refractivity contribution >= 4 is 54.3 Å². The first-order valence-electron chi connectivity index (χ1n) is 18.9. The number of hydrogen-bond acceptors (Lipinski definition) is 1. The van der Waals surface area contributed by atoms with E-state index < -0.39 is 0 Å². The van der Waals surface area contributed by atoms with E-state index in [1.807, 2.05) is 0 Å². The van der Waals surface area contributed by atoms with Gasteiger partial charge in [-0.3, -0.25) is 0 Å². The Morgan fingerprint density at radius 2 is 0.782 bits per heavy atom. The first-order valence-corrected chi connectivity index (χ1v) is 18.9. The summed E-state index contributed by atoms with van der Waals surface area (Å²) in [4.78, 5) is 0. The van der Waals surface area contributed by atoms with E-state index in [1.54, 1.807) is 0 Å². The zero-order chi connectivity index (χ0) is 36.3. The standard InChI is InChI=1S/C54H34O/c1-4-16-35(17-5-1)38-28-30-49-48(33-38)54-50(55-49)31-29-42(36-18-6-2-7-19-36)52(54)40-32-39-22-10-11-23-41(39)47(34-40)53-45-26-14-12-24-43(45)51(37-20-8-3-9-21-37)44-25-13-15-27-46(44)53/h1-34H. The summed E-state index contributed by atoms with van der Waals surface area (Å²) in [5, 5.41) is 9.65. The van der Waals surface area contributed by atoms with Crippen molar-refractivity contribution in [1.29, 1.82) is 0 Å². The monoisotopic (exact) mass is 698 g/mol. The van der Waals surface area contributed by atoms with Gasteiger partial charge in [0, 0.05) is 16.3 Å². The third-order valence-electron chi connectivity index (χ3n) is 11.2. The van der Waals surface area contributed by atoms with Crippen LogP contribution >= 0.6 is 0 Å². The summed E-state index contributed by atoms with van der Waals surface area (Å²) < 4.78 is 6.67. The summed E-state index contributed by atoms with van der Waals surface area (Å²) in [5.41, 5.74) is 13.8. The van der Waals surface area contributed by atoms with E-state index in [-0.39, 0.29) is 0 Å². The third kappa shape index (κ3) is 5.09. The van der Waals surface area contributed by atoms with E-state index in [9.17, 15) is 0 Å². The van der Waals surface area contributed by atoms with Crippen molar-refractivity contribution in [2.45, 2.75) is 0 Å². The Bertz CT molecular complexity index is 3170. The molecule has 0 aliphatic rings. The van der Waals surface area contributed by atoms with Gasteiger partial charge in [0.15, 0.2) is 0 Å². The van der Waals surface area contributed by atoms with Crippen LogP contribution in [0.4, 0.5) is 0 Å². The average Bonchev–Trinajstić information content (AvgIpc) is 3.64. The summed E-state index contributed by atoms with van der Waals surface area (Å²) in [6, 6.07) is 74.8. The zero-order valence-corrected chi connectivity index (χ0v) is 30.0. The highest BCUT2D eigenvalue weighted by Gasteiger charge is 2.22. The molecule has 11 aromatic rings. The minimum Gasteiger partial charge on any atom is -0.456 e. The molecule has 256 valence electrons. The maximum atomic E-state index is 6.67. The van der Waals surface area contributed by atoms with E-state index >= 15 is 0 Å². The molecule has 0 saturated heterocycles. The molecule has 1 nitrogen and oxygen atoms in total. The van der Waals surface area contributed by atoms with Gasteiger partial charge >= 0.3 is 0 Å². The molecular formula is C54H34O. The topological polar surface area (TPSA) is 13.1 Å². The summed E-state index contributed by atoms with van der Waals surface area (Å²) >= 11 is 0. The minimum atomic E-state index is 0.882. The third-order valence-corrected chi connectivity index (χ3v) is 11.2. The van der Waals surface area contributed by atoms with E-state index in [4.69, 9.17) is 4.42 Å². The van der Waals surface area contributed by atoms with E-state index in [0.717, 1.165) is 27.5 Å². The second kappa shape index (κ2) is 12.7. The van der Waals surface area contributed by atoms with Gasteiger partial charge in [-0.15, -0.1) is 0 Å². The number of rotatable bonds is 5. The van der Waals surface area contributed by atoms with Gasteiger partial charge in [-0.05, 0) is 113 Å². The lowest BCUT2D eigenvalue weighted by Gasteiger charge is -2.20. The van der Waals surface area contributed by atoms with Crippen LogP contribution < -0.4 is 0 Å². The van der Waals surface area contributed by atoms with Gasteiger partial charge < -0.3 is 4.42 Å². The van der Waals surface area contributed by atoms with Crippen LogP contribution in [0.3, 0.4) is 0 Å². The molecule has 0 unspecified atom stereocenters. The zero-order valence-electron chi connectivity index (χ0n) is 30.0. The molecule has 0 N–H and O–H groups in total. The molecule has 0 saturated carbocycles. The van der Waals surface area contributed by atoms with Crippen molar-refractivity contribution in [3.63, 3.8) is 0 Å². The molecule has 0 aliphatic carbocycles. The molecule has 10 aromatic carbocycles. The second-order valence-electron chi connectivity index (χ2n) is 14.4. The average molecular weight is 699 g/mol. The normalized spacial score (nSPS) is 11.6. The van der Waals surface area contributed by atoms with Gasteiger partial charge in [0.05, 0.1) is 0 Å². The Morgan fingerprint density at radius 3 is 1.44 bits per heavy atom. The summed E-state index contributed by atoms with van der Waals surface area (Å²) in [5.74, 6) is 0. The van der Waals surface area contributed by atoms with E-state index in [2.05, 4.69) is 206 Å². The number of benzene rings is 10. The minimum absolute atomic E-state index is 0.882. The molecule has 0 fully saturated rings. The van der Waals surface area contributed by atoms with Crippen LogP contribution in [0.5, 0.6) is 0 Å². The van der Waals surface area contributed by atoms with Gasteiger partial charge in [0.2, 0.25) is 0 Å². The molecule has 1 heterocycles. The molecule has 0 radical (unpaired) electrons. The molecule has 1 aromatic heterocycles. The number of fused-ring (bicyclic) bond motifs is 6. The fraction of sp³-hybridized carbons (Fsp3) is 0. The Morgan fingerprint density at radius 1 is 0.255 bits per heavy atom. The summed E-state index contributed by atoms with van der Waals surface area (Å²) in [6.07, 6.45) is 0. The van der Waals surface area contributed by atoms with Crippen LogP contribution in [0.1, 0.15) is 0 Å². The molecule has 0 spiro atoms. The summed E-state index contributed by atoms with van der Waals surface area (Å²) in [7, 11) is 0. The van der Waals surface area contributed by atoms with Gasteiger partial charge in [-0.2, -0.15) is 0 Å². The van der Waals surface area contributed by atoms with Crippen molar-refractivity contribution in [1.82, 2.24) is 0 Å². The highest BCUT2D eigenvalue weighted by atomic mass is 16.3. The lowest BCUT2D eigenvalue weighted by molar-refractivity contribution is 0.669. The molecule has 1 heteroatoms. The van der Waals surface area contributed by atoms with E-state index in [1.165, 1.54) is 82.4 Å². The van der Waals surface area contributed by atoms with Crippen LogP contribution in [0.2, 0.25) is 0 Å². The summed E-state index contributed by atoms with van der Waals surface area (Å²) in [6.45, 7) is 0. The Kier molecular flexibility index (Phi) is 7.25. The number of furan rings is 1. The first kappa shape index (κ1) is 31.3. The molecule has 0 atom stereocenters. The van der Waals surface area contributed by atoms with Crippen molar-refractivity contribution < 1.29 is 4.42 Å². The van der Waals surface area contributed by atoms with Crippen molar-refractivity contribution in [3.05, 3.63) is 206 Å². The Hall–Kier alpha value is -7.22. The molecule has 55 heavy (non-hydrogen) atoms. The van der Waals surface area contributed by atoms with Crippen LogP contribution in [0, 0.1) is 0 Å². The fourth-order valence-corrected chi connectivity index (χ4v) is 8.83. The van der Waals surface area contributed by atoms with Gasteiger partial charge in [0.1, 0.15) is 11.2 Å². The van der Waals surface area contributed by atoms with Crippen molar-refractivity contribution in [3.8, 4) is 55.6 Å². The number of hydrogen-bond donors (Lipinski definition) is 0. The van der Waals surface area contributed by atoms with Crippen molar-refractivity contribution in [2.75, 3.05) is 0 Å². The van der Waals surface area contributed by atoms with Gasteiger partial charge in [0.25, 0.3) is 0 Å². The highest BCUT2D eigenvalue weighted by Crippen LogP contribution is 2.49. The lowest BCUT2D eigenvalue weighted by atomic mass is 9.82. The van der Waals surface area contributed by atoms with E-state index in [0.29, 0.717) is 0 Å². The van der Waals surface area contributed by atoms with Crippen LogP contribution in [-0.4, -0.2) is 0 Å². The maximum Gasteiger partial charge on any atom is 0.136 e. The van der Waals surface area contributed by atoms with Gasteiger partial charge in [-0.25, -0.2) is 0 Å². The fourth-order valence-electron chi connectivity index (χ4n) is 8.83. The molecule has 0 aliphatic heterocycles. The predicted octanol–water partition coefficient (Wildman–Crippen LogP) is 15.4. The van der Waals surface area contributed by atoms with Crippen molar-refractivity contribution in [2.24, 2.45) is 0 Å². The van der Waals surface area contributed by atoms with Crippen LogP contribution in [0.25, 0.3) is 110 Å². The van der Waals surface area contributed by atoms with Crippen LogP contribution in [0.15, 0.2) is 211 Å². The largest absolute Gasteiger partial charge is 0.456 e. The molecule has 0 bridgehead atoms. The first-order chi connectivity index (χ1) is 27.3. The Labute approximate surface area is 319 Å². The quantitative estimate of drug-likeness (QED) is 0.163. The SMILES string of the molecule is c1ccc(-c2ccc3oc4ccc(-c5ccccc5)c(-c5cc(-c6c7ccccc7c(-c7ccccc7)c7ccccc67)c6ccccc6c5)c4c3c2)cc1. The molecule has 11 rings (SSSR count). The maximum absolute atomic E-state index is 6.67. The predicted molar refractivity (Wildman–Crippen MR) is 233 cm³/mol. The highest BCUT2D eigenvalue weighted by molar-refractivity contribution is 6.25. The van der Waals surface area contributed by atoms with Gasteiger partial charge in [-0.1, -0.05) is 176 Å². The molecular weight excluding hydrogens is 665 g/mol. The smallest absolute Gasteiger partial charge is 0.136 e. The Balaban J connectivity index is 1.28. The lowest BCUT2D eigenvalue weighted by Crippen LogP contribution is -1.93. The molecule has 0 amide bonds. The van der Waals surface area contributed by atoms with Crippen LogP contribution in [-0.2, 0) is 0 Å².